The SMILES string of the molecule is CC(C)(C)c1ccc(C(O)C2CCNCC2)cc1. The number of benzene rings is 1. The second kappa shape index (κ2) is 5.41. The lowest BCUT2D eigenvalue weighted by molar-refractivity contribution is 0.0889. The monoisotopic (exact) mass is 247 g/mol. The number of hydrogen-bond donors (Lipinski definition) is 2. The van der Waals surface area contributed by atoms with Crippen molar-refractivity contribution in [2.45, 2.75) is 45.1 Å². The van der Waals surface area contributed by atoms with Crippen LogP contribution in [0.4, 0.5) is 0 Å². The van der Waals surface area contributed by atoms with E-state index in [1.807, 2.05) is 0 Å². The van der Waals surface area contributed by atoms with Crippen molar-refractivity contribution in [1.29, 1.82) is 0 Å². The summed E-state index contributed by atoms with van der Waals surface area (Å²) < 4.78 is 0. The lowest BCUT2D eigenvalue weighted by atomic mass is 9.84. The van der Waals surface area contributed by atoms with Gasteiger partial charge in [-0.15, -0.1) is 0 Å². The van der Waals surface area contributed by atoms with Crippen molar-refractivity contribution in [2.75, 3.05) is 13.1 Å². The molecule has 0 spiro atoms. The minimum atomic E-state index is -0.305. The van der Waals surface area contributed by atoms with Crippen LogP contribution in [0, 0.1) is 5.92 Å². The second-order valence-electron chi connectivity index (χ2n) is 6.40. The van der Waals surface area contributed by atoms with E-state index in [1.165, 1.54) is 5.56 Å². The molecule has 1 aromatic carbocycles. The maximum Gasteiger partial charge on any atom is 0.0819 e. The summed E-state index contributed by atoms with van der Waals surface area (Å²) in [7, 11) is 0. The predicted octanol–water partition coefficient (Wildman–Crippen LogP) is 3.02. The maximum atomic E-state index is 10.4. The average Bonchev–Trinajstić information content (AvgIpc) is 2.38. The molecule has 1 fully saturated rings. The summed E-state index contributed by atoms with van der Waals surface area (Å²) in [4.78, 5) is 0. The molecule has 0 bridgehead atoms. The fourth-order valence-electron chi connectivity index (χ4n) is 2.61. The van der Waals surface area contributed by atoms with E-state index in [-0.39, 0.29) is 11.5 Å². The van der Waals surface area contributed by atoms with Crippen LogP contribution in [0.15, 0.2) is 24.3 Å². The van der Waals surface area contributed by atoms with Gasteiger partial charge in [0, 0.05) is 0 Å². The third kappa shape index (κ3) is 3.12. The van der Waals surface area contributed by atoms with E-state index in [2.05, 4.69) is 50.4 Å². The van der Waals surface area contributed by atoms with Gasteiger partial charge in [0.15, 0.2) is 0 Å². The zero-order chi connectivity index (χ0) is 13.2. The van der Waals surface area contributed by atoms with Crippen LogP contribution in [0.3, 0.4) is 0 Å². The minimum Gasteiger partial charge on any atom is -0.388 e. The van der Waals surface area contributed by atoms with Crippen LogP contribution in [0.1, 0.15) is 50.8 Å². The molecule has 1 aliphatic rings. The second-order valence-corrected chi connectivity index (χ2v) is 6.40. The highest BCUT2D eigenvalue weighted by Crippen LogP contribution is 2.30. The van der Waals surface area contributed by atoms with Gasteiger partial charge in [-0.1, -0.05) is 45.0 Å². The van der Waals surface area contributed by atoms with E-state index >= 15 is 0 Å². The Morgan fingerprint density at radius 3 is 2.17 bits per heavy atom. The molecule has 2 rings (SSSR count). The first-order valence-corrected chi connectivity index (χ1v) is 6.98. The van der Waals surface area contributed by atoms with Crippen LogP contribution in [-0.4, -0.2) is 18.2 Å². The van der Waals surface area contributed by atoms with Crippen molar-refractivity contribution >= 4 is 0 Å². The lowest BCUT2D eigenvalue weighted by Gasteiger charge is -2.28. The summed E-state index contributed by atoms with van der Waals surface area (Å²) in [6, 6.07) is 8.49. The van der Waals surface area contributed by atoms with Crippen LogP contribution in [0.2, 0.25) is 0 Å². The van der Waals surface area contributed by atoms with Gasteiger partial charge in [-0.25, -0.2) is 0 Å². The van der Waals surface area contributed by atoms with Gasteiger partial charge in [0.05, 0.1) is 6.10 Å². The van der Waals surface area contributed by atoms with E-state index in [0.29, 0.717) is 5.92 Å². The zero-order valence-corrected chi connectivity index (χ0v) is 11.7. The minimum absolute atomic E-state index is 0.179. The Morgan fingerprint density at radius 2 is 1.67 bits per heavy atom. The van der Waals surface area contributed by atoms with E-state index in [4.69, 9.17) is 0 Å². The Balaban J connectivity index is 2.09. The molecule has 1 saturated heterocycles. The standard InChI is InChI=1S/C16H25NO/c1-16(2,3)14-6-4-12(5-7-14)15(18)13-8-10-17-11-9-13/h4-7,13,15,17-18H,8-11H2,1-3H3. The van der Waals surface area contributed by atoms with Crippen LogP contribution in [0.25, 0.3) is 0 Å². The van der Waals surface area contributed by atoms with Gasteiger partial charge < -0.3 is 10.4 Å². The molecule has 0 radical (unpaired) electrons. The smallest absolute Gasteiger partial charge is 0.0819 e. The largest absolute Gasteiger partial charge is 0.388 e. The molecule has 1 aromatic rings. The molecular weight excluding hydrogens is 222 g/mol. The number of nitrogens with one attached hydrogen (secondary N) is 1. The molecule has 1 unspecified atom stereocenters. The molecule has 0 aliphatic carbocycles. The summed E-state index contributed by atoms with van der Waals surface area (Å²) in [5.74, 6) is 0.409. The van der Waals surface area contributed by atoms with Gasteiger partial charge in [0.1, 0.15) is 0 Å². The van der Waals surface area contributed by atoms with Crippen LogP contribution < -0.4 is 5.32 Å². The van der Waals surface area contributed by atoms with Crippen molar-refractivity contribution < 1.29 is 5.11 Å². The summed E-state index contributed by atoms with van der Waals surface area (Å²) in [5, 5.41) is 13.8. The molecule has 2 nitrogen and oxygen atoms in total. The van der Waals surface area contributed by atoms with Crippen molar-refractivity contribution in [3.63, 3.8) is 0 Å². The van der Waals surface area contributed by atoms with Gasteiger partial charge in [-0.05, 0) is 48.4 Å². The van der Waals surface area contributed by atoms with Gasteiger partial charge in [-0.3, -0.25) is 0 Å². The summed E-state index contributed by atoms with van der Waals surface area (Å²) in [5.41, 5.74) is 2.57. The van der Waals surface area contributed by atoms with E-state index < -0.39 is 0 Å². The lowest BCUT2D eigenvalue weighted by Crippen LogP contribution is -2.30. The predicted molar refractivity (Wildman–Crippen MR) is 75.7 cm³/mol. The molecule has 100 valence electrons. The molecule has 18 heavy (non-hydrogen) atoms. The van der Waals surface area contributed by atoms with Gasteiger partial charge in [-0.2, -0.15) is 0 Å². The van der Waals surface area contributed by atoms with E-state index in [0.717, 1.165) is 31.5 Å². The van der Waals surface area contributed by atoms with Crippen LogP contribution >= 0.6 is 0 Å². The number of aliphatic hydroxyl groups is 1. The number of piperidine rings is 1. The van der Waals surface area contributed by atoms with Gasteiger partial charge >= 0.3 is 0 Å². The van der Waals surface area contributed by atoms with Gasteiger partial charge in [0.2, 0.25) is 0 Å². The average molecular weight is 247 g/mol. The van der Waals surface area contributed by atoms with Crippen LogP contribution in [-0.2, 0) is 5.41 Å². The Labute approximate surface area is 110 Å². The van der Waals surface area contributed by atoms with E-state index in [1.54, 1.807) is 0 Å². The number of aliphatic hydroxyl groups excluding tert-OH is 1. The molecular formula is C16H25NO. The summed E-state index contributed by atoms with van der Waals surface area (Å²) in [6.45, 7) is 8.70. The quantitative estimate of drug-likeness (QED) is 0.842. The molecule has 1 atom stereocenters. The first kappa shape index (κ1) is 13.6. The summed E-state index contributed by atoms with van der Waals surface area (Å²) in [6.07, 6.45) is 1.84. The molecule has 0 amide bonds. The zero-order valence-electron chi connectivity index (χ0n) is 11.7. The molecule has 0 aromatic heterocycles. The van der Waals surface area contributed by atoms with Crippen molar-refractivity contribution in [3.8, 4) is 0 Å². The van der Waals surface area contributed by atoms with Crippen molar-refractivity contribution in [1.82, 2.24) is 5.32 Å². The topological polar surface area (TPSA) is 32.3 Å². The third-order valence-electron chi connectivity index (χ3n) is 3.95. The fraction of sp³-hybridized carbons (Fsp3) is 0.625. The molecule has 2 heteroatoms. The summed E-state index contributed by atoms with van der Waals surface area (Å²) >= 11 is 0. The first-order chi connectivity index (χ1) is 8.48. The Kier molecular flexibility index (Phi) is 4.08. The van der Waals surface area contributed by atoms with E-state index in [9.17, 15) is 5.11 Å². The Hall–Kier alpha value is -0.860. The molecule has 2 N–H and O–H groups in total. The highest BCUT2D eigenvalue weighted by Gasteiger charge is 2.23. The molecule has 1 aliphatic heterocycles. The Morgan fingerprint density at radius 1 is 1.11 bits per heavy atom. The molecule has 0 saturated carbocycles. The third-order valence-corrected chi connectivity index (χ3v) is 3.95. The first-order valence-electron chi connectivity index (χ1n) is 6.98. The van der Waals surface area contributed by atoms with Crippen molar-refractivity contribution in [3.05, 3.63) is 35.4 Å². The highest BCUT2D eigenvalue weighted by atomic mass is 16.3. The maximum absolute atomic E-state index is 10.4. The number of rotatable bonds is 2. The normalized spacial score (nSPS) is 19.8. The Bertz CT molecular complexity index is 371. The fourth-order valence-corrected chi connectivity index (χ4v) is 2.61. The van der Waals surface area contributed by atoms with Gasteiger partial charge in [0.25, 0.3) is 0 Å². The molecule has 1 heterocycles. The highest BCUT2D eigenvalue weighted by molar-refractivity contribution is 5.29. The number of hydrogen-bond acceptors (Lipinski definition) is 2. The van der Waals surface area contributed by atoms with Crippen molar-refractivity contribution in [2.24, 2.45) is 5.92 Å². The van der Waals surface area contributed by atoms with Crippen LogP contribution in [0.5, 0.6) is 0 Å².